The van der Waals surface area contributed by atoms with Crippen LogP contribution in [-0.4, -0.2) is 16.6 Å². The number of allylic oxidation sites excluding steroid dienone is 1. The van der Waals surface area contributed by atoms with Gasteiger partial charge >= 0.3 is 0 Å². The molecule has 0 aliphatic heterocycles. The van der Waals surface area contributed by atoms with E-state index in [9.17, 15) is 9.59 Å². The zero-order valence-electron chi connectivity index (χ0n) is 23.7. The molecule has 4 aromatic carbocycles. The molecular weight excluding hydrogens is 532 g/mol. The number of benzene rings is 4. The molecule has 0 unspecified atom stereocenters. The van der Waals surface area contributed by atoms with Crippen molar-refractivity contribution in [2.45, 2.75) is 19.3 Å². The van der Waals surface area contributed by atoms with Crippen LogP contribution in [0.15, 0.2) is 125 Å². The standard InChI is InChI=1S/C38H26N2O3/c1-38(2)32-19-27(40(25-13-5-3-6-14-25)26-15-7-4-8-16-26)22-39-34(32)37-33(38)21-28(43-37)20-31-35(41)29-17-23-11-9-10-12-24(23)18-30(29)36(31)42/h3-22H,1-2H3. The third-order valence-electron chi connectivity index (χ3n) is 8.62. The van der Waals surface area contributed by atoms with Crippen LogP contribution in [0.25, 0.3) is 28.3 Å². The van der Waals surface area contributed by atoms with Gasteiger partial charge in [0.2, 0.25) is 0 Å². The van der Waals surface area contributed by atoms with Gasteiger partial charge in [0.1, 0.15) is 11.5 Å². The van der Waals surface area contributed by atoms with E-state index in [1.165, 1.54) is 0 Å². The first-order valence-electron chi connectivity index (χ1n) is 14.3. The Kier molecular flexibility index (Phi) is 5.41. The van der Waals surface area contributed by atoms with Crippen LogP contribution in [0.2, 0.25) is 0 Å². The number of carbonyl (C=O) groups is 2. The molecule has 5 nitrogen and oxygen atoms in total. The maximum Gasteiger partial charge on any atom is 0.197 e. The number of pyridine rings is 1. The Balaban J connectivity index is 1.19. The van der Waals surface area contributed by atoms with Crippen LogP contribution in [0.4, 0.5) is 17.1 Å². The molecule has 2 heterocycles. The van der Waals surface area contributed by atoms with Crippen molar-refractivity contribution in [2.75, 3.05) is 4.90 Å². The first-order valence-corrected chi connectivity index (χ1v) is 14.3. The van der Waals surface area contributed by atoms with E-state index >= 15 is 0 Å². The zero-order chi connectivity index (χ0) is 29.3. The number of carbonyl (C=O) groups excluding carboxylic acids is 2. The molecule has 0 spiro atoms. The monoisotopic (exact) mass is 558 g/mol. The summed E-state index contributed by atoms with van der Waals surface area (Å²) < 4.78 is 6.34. The minimum absolute atomic E-state index is 0.125. The van der Waals surface area contributed by atoms with E-state index in [4.69, 9.17) is 9.40 Å². The third-order valence-corrected chi connectivity index (χ3v) is 8.62. The van der Waals surface area contributed by atoms with Crippen LogP contribution in [0.5, 0.6) is 0 Å². The predicted molar refractivity (Wildman–Crippen MR) is 169 cm³/mol. The van der Waals surface area contributed by atoms with E-state index in [1.54, 1.807) is 6.08 Å². The lowest BCUT2D eigenvalue weighted by Gasteiger charge is -2.27. The molecule has 2 aromatic heterocycles. The van der Waals surface area contributed by atoms with Crippen LogP contribution in [0.1, 0.15) is 51.5 Å². The lowest BCUT2D eigenvalue weighted by atomic mass is 9.83. The number of Topliss-reactive ketones (excluding diaryl/α,β-unsaturated/α-hetero) is 2. The molecule has 0 amide bonds. The molecular formula is C38H26N2O3. The Hall–Kier alpha value is -5.55. The summed E-state index contributed by atoms with van der Waals surface area (Å²) >= 11 is 0. The molecule has 2 aliphatic carbocycles. The number of hydrogen-bond acceptors (Lipinski definition) is 5. The van der Waals surface area contributed by atoms with Crippen molar-refractivity contribution in [3.05, 3.63) is 149 Å². The van der Waals surface area contributed by atoms with Crippen molar-refractivity contribution in [3.8, 4) is 11.5 Å². The van der Waals surface area contributed by atoms with Gasteiger partial charge in [0, 0.05) is 33.5 Å². The average molecular weight is 559 g/mol. The first-order chi connectivity index (χ1) is 20.9. The smallest absolute Gasteiger partial charge is 0.197 e. The van der Waals surface area contributed by atoms with E-state index < -0.39 is 5.41 Å². The molecule has 6 aromatic rings. The quantitative estimate of drug-likeness (QED) is 0.160. The van der Waals surface area contributed by atoms with Gasteiger partial charge in [0.25, 0.3) is 0 Å². The van der Waals surface area contributed by atoms with Crippen LogP contribution in [0.3, 0.4) is 0 Å². The second-order valence-corrected chi connectivity index (χ2v) is 11.6. The average Bonchev–Trinajstić information content (AvgIpc) is 3.63. The molecule has 2 aliphatic rings. The van der Waals surface area contributed by atoms with Gasteiger partial charge in [-0.1, -0.05) is 74.5 Å². The van der Waals surface area contributed by atoms with E-state index in [-0.39, 0.29) is 17.1 Å². The number of fused-ring (bicyclic) bond motifs is 5. The fourth-order valence-electron chi connectivity index (χ4n) is 6.38. The zero-order valence-corrected chi connectivity index (χ0v) is 23.7. The van der Waals surface area contributed by atoms with Gasteiger partial charge in [-0.25, -0.2) is 0 Å². The number of hydrogen-bond donors (Lipinski definition) is 0. The van der Waals surface area contributed by atoms with Crippen molar-refractivity contribution in [1.29, 1.82) is 0 Å². The summed E-state index contributed by atoms with van der Waals surface area (Å²) in [4.78, 5) is 33.8. The number of rotatable bonds is 4. The highest BCUT2D eigenvalue weighted by Gasteiger charge is 2.41. The number of nitrogens with zero attached hydrogens (tertiary/aromatic N) is 2. The second kappa shape index (κ2) is 9.23. The third kappa shape index (κ3) is 3.82. The number of aromatic nitrogens is 1. The second-order valence-electron chi connectivity index (χ2n) is 11.6. The molecule has 5 heteroatoms. The first kappa shape index (κ1) is 25.2. The molecule has 8 rings (SSSR count). The van der Waals surface area contributed by atoms with Crippen molar-refractivity contribution < 1.29 is 14.0 Å². The van der Waals surface area contributed by atoms with Crippen molar-refractivity contribution in [3.63, 3.8) is 0 Å². The molecule has 206 valence electrons. The Bertz CT molecular complexity index is 2040. The Morgan fingerprint density at radius 2 is 1.23 bits per heavy atom. The summed E-state index contributed by atoms with van der Waals surface area (Å²) in [6.07, 6.45) is 3.46. The Labute approximate surface area is 248 Å². The summed E-state index contributed by atoms with van der Waals surface area (Å²) in [7, 11) is 0. The predicted octanol–water partition coefficient (Wildman–Crippen LogP) is 9.07. The van der Waals surface area contributed by atoms with Crippen molar-refractivity contribution in [1.82, 2.24) is 4.98 Å². The highest BCUT2D eigenvalue weighted by Crippen LogP contribution is 2.51. The lowest BCUT2D eigenvalue weighted by Crippen LogP contribution is -2.16. The number of anilines is 3. The van der Waals surface area contributed by atoms with Gasteiger partial charge in [-0.3, -0.25) is 14.6 Å². The van der Waals surface area contributed by atoms with Gasteiger partial charge < -0.3 is 9.32 Å². The van der Waals surface area contributed by atoms with Gasteiger partial charge in [-0.2, -0.15) is 0 Å². The van der Waals surface area contributed by atoms with E-state index in [0.29, 0.717) is 22.6 Å². The highest BCUT2D eigenvalue weighted by atomic mass is 16.3. The number of para-hydroxylation sites is 2. The van der Waals surface area contributed by atoms with E-state index in [1.807, 2.05) is 85.1 Å². The van der Waals surface area contributed by atoms with Gasteiger partial charge in [-0.15, -0.1) is 0 Å². The van der Waals surface area contributed by atoms with Gasteiger partial charge in [0.15, 0.2) is 17.3 Å². The molecule has 0 atom stereocenters. The fraction of sp³-hybridized carbons (Fsp3) is 0.0789. The molecule has 0 bridgehead atoms. The molecule has 0 saturated heterocycles. The fourth-order valence-corrected chi connectivity index (χ4v) is 6.38. The molecule has 0 radical (unpaired) electrons. The number of furan rings is 1. The summed E-state index contributed by atoms with van der Waals surface area (Å²) in [5.41, 5.74) is 6.43. The Morgan fingerprint density at radius 3 is 1.81 bits per heavy atom. The van der Waals surface area contributed by atoms with Crippen LogP contribution in [-0.2, 0) is 5.41 Å². The molecule has 0 fully saturated rings. The van der Waals surface area contributed by atoms with Crippen LogP contribution >= 0.6 is 0 Å². The molecule has 0 N–H and O–H groups in total. The van der Waals surface area contributed by atoms with Crippen LogP contribution in [0, 0.1) is 0 Å². The Morgan fingerprint density at radius 1 is 0.674 bits per heavy atom. The summed E-state index contributed by atoms with van der Waals surface area (Å²) in [6, 6.07) is 36.0. The maximum absolute atomic E-state index is 13.3. The summed E-state index contributed by atoms with van der Waals surface area (Å²) in [6.45, 7) is 4.30. The SMILES string of the molecule is CC1(C)c2cc(N(c3ccccc3)c3ccccc3)cnc2-c2oc(C=C3C(=O)c4cc5ccccc5cc4C3=O)cc21. The topological polar surface area (TPSA) is 63.4 Å². The lowest BCUT2D eigenvalue weighted by molar-refractivity contribution is 0.0990. The number of ketones is 2. The summed E-state index contributed by atoms with van der Waals surface area (Å²) in [5, 5.41) is 1.87. The normalized spacial score (nSPS) is 14.5. The van der Waals surface area contributed by atoms with Crippen molar-refractivity contribution >= 4 is 45.5 Å². The largest absolute Gasteiger partial charge is 0.455 e. The van der Waals surface area contributed by atoms with Crippen molar-refractivity contribution in [2.24, 2.45) is 0 Å². The molecule has 0 saturated carbocycles. The van der Waals surface area contributed by atoms with E-state index in [2.05, 4.69) is 49.1 Å². The van der Waals surface area contributed by atoms with E-state index in [0.717, 1.165) is 44.7 Å². The molecule has 43 heavy (non-hydrogen) atoms. The summed E-state index contributed by atoms with van der Waals surface area (Å²) in [5.74, 6) is 0.600. The van der Waals surface area contributed by atoms with Gasteiger partial charge in [-0.05, 0) is 70.9 Å². The maximum atomic E-state index is 13.3. The van der Waals surface area contributed by atoms with Crippen LogP contribution < -0.4 is 4.90 Å². The minimum atomic E-state index is -0.405. The minimum Gasteiger partial charge on any atom is -0.455 e. The van der Waals surface area contributed by atoms with Gasteiger partial charge in [0.05, 0.1) is 17.5 Å². The highest BCUT2D eigenvalue weighted by molar-refractivity contribution is 6.42.